The minimum absolute atomic E-state index is 0.0175. The van der Waals surface area contributed by atoms with Crippen molar-refractivity contribution in [3.05, 3.63) is 89.0 Å². The molecule has 186 valence electrons. The average molecular weight is 503 g/mol. The zero-order valence-electron chi connectivity index (χ0n) is 20.7. The molecular weight excluding hydrogens is 472 g/mol. The Morgan fingerprint density at radius 1 is 1.03 bits per heavy atom. The summed E-state index contributed by atoms with van der Waals surface area (Å²) < 4.78 is 34.6. The molecule has 0 bridgehead atoms. The van der Waals surface area contributed by atoms with E-state index in [1.165, 1.54) is 0 Å². The number of anilines is 1. The van der Waals surface area contributed by atoms with E-state index >= 15 is 0 Å². The van der Waals surface area contributed by atoms with Crippen LogP contribution in [0.4, 0.5) is 5.69 Å². The Labute approximate surface area is 213 Å². The Morgan fingerprint density at radius 2 is 1.72 bits per heavy atom. The lowest BCUT2D eigenvalue weighted by molar-refractivity contribution is 0.193. The molecular formula is C29H30N2O4S. The van der Waals surface area contributed by atoms with E-state index in [0.717, 1.165) is 33.7 Å². The van der Waals surface area contributed by atoms with Crippen molar-refractivity contribution in [3.8, 4) is 17.6 Å². The minimum Gasteiger partial charge on any atom is -0.497 e. The van der Waals surface area contributed by atoms with Crippen LogP contribution in [0, 0.1) is 24.7 Å². The van der Waals surface area contributed by atoms with Gasteiger partial charge in [0.25, 0.3) is 0 Å². The zero-order valence-corrected chi connectivity index (χ0v) is 21.5. The maximum atomic E-state index is 13.9. The summed E-state index contributed by atoms with van der Waals surface area (Å²) in [6.45, 7) is 2.21. The van der Waals surface area contributed by atoms with Gasteiger partial charge >= 0.3 is 0 Å². The Morgan fingerprint density at radius 3 is 2.42 bits per heavy atom. The highest BCUT2D eigenvalue weighted by Gasteiger charge is 2.50. The molecule has 2 aliphatic heterocycles. The molecule has 0 spiro atoms. The third kappa shape index (κ3) is 4.16. The summed E-state index contributed by atoms with van der Waals surface area (Å²) in [7, 11) is -0.122. The van der Waals surface area contributed by atoms with E-state index in [0.29, 0.717) is 17.9 Å². The molecule has 1 fully saturated rings. The molecule has 0 radical (unpaired) electrons. The first-order chi connectivity index (χ1) is 17.3. The first-order valence-corrected chi connectivity index (χ1v) is 13.5. The molecule has 0 amide bonds. The predicted octanol–water partition coefficient (Wildman–Crippen LogP) is 3.97. The van der Waals surface area contributed by atoms with E-state index in [9.17, 15) is 13.5 Å². The molecule has 2 aliphatic rings. The van der Waals surface area contributed by atoms with Crippen molar-refractivity contribution in [1.82, 2.24) is 4.31 Å². The van der Waals surface area contributed by atoms with Crippen LogP contribution >= 0.6 is 0 Å². The van der Waals surface area contributed by atoms with Crippen LogP contribution in [0.25, 0.3) is 0 Å². The fourth-order valence-electron chi connectivity index (χ4n) is 5.55. The third-order valence-electron chi connectivity index (χ3n) is 7.42. The Bertz CT molecular complexity index is 1440. The second-order valence-corrected chi connectivity index (χ2v) is 11.3. The van der Waals surface area contributed by atoms with Crippen LogP contribution in [-0.4, -0.2) is 51.2 Å². The van der Waals surface area contributed by atoms with Gasteiger partial charge in [0.05, 0.1) is 30.7 Å². The normalized spacial score (nSPS) is 21.3. The van der Waals surface area contributed by atoms with Gasteiger partial charge in [-0.15, -0.1) is 0 Å². The molecule has 2 heterocycles. The van der Waals surface area contributed by atoms with Gasteiger partial charge in [-0.1, -0.05) is 30.0 Å². The van der Waals surface area contributed by atoms with Gasteiger partial charge in [0.15, 0.2) is 0 Å². The smallest absolute Gasteiger partial charge is 0.243 e. The number of hydrogen-bond donors (Lipinski definition) is 1. The van der Waals surface area contributed by atoms with E-state index in [4.69, 9.17) is 4.74 Å². The Kier molecular flexibility index (Phi) is 6.52. The van der Waals surface area contributed by atoms with E-state index in [1.807, 2.05) is 68.6 Å². The van der Waals surface area contributed by atoms with Crippen molar-refractivity contribution >= 4 is 15.7 Å². The summed E-state index contributed by atoms with van der Waals surface area (Å²) in [5.41, 5.74) is 4.28. The monoisotopic (exact) mass is 502 g/mol. The fraction of sp³-hybridized carbons (Fsp3) is 0.310. The number of aliphatic hydroxyl groups is 1. The number of likely N-dealkylation sites (N-methyl/N-ethyl adjacent to an activating group) is 1. The molecule has 1 N–H and O–H groups in total. The fourth-order valence-corrected chi connectivity index (χ4v) is 7.44. The van der Waals surface area contributed by atoms with E-state index < -0.39 is 10.0 Å². The van der Waals surface area contributed by atoms with Crippen molar-refractivity contribution in [3.63, 3.8) is 0 Å². The predicted molar refractivity (Wildman–Crippen MR) is 141 cm³/mol. The third-order valence-corrected chi connectivity index (χ3v) is 9.47. The highest BCUT2D eigenvalue weighted by atomic mass is 32.2. The van der Waals surface area contributed by atoms with E-state index in [2.05, 4.69) is 16.7 Å². The molecule has 0 unspecified atom stereocenters. The quantitative estimate of drug-likeness (QED) is 0.547. The number of sulfonamides is 1. The van der Waals surface area contributed by atoms with Crippen molar-refractivity contribution < 1.29 is 18.3 Å². The lowest BCUT2D eigenvalue weighted by atomic mass is 9.82. The number of aliphatic hydroxyl groups excluding tert-OH is 1. The number of methoxy groups -OCH3 is 1. The molecule has 3 atom stereocenters. The average Bonchev–Trinajstić information content (AvgIpc) is 3.34. The number of hydrogen-bond acceptors (Lipinski definition) is 5. The van der Waals surface area contributed by atoms with Crippen LogP contribution in [0.5, 0.6) is 5.75 Å². The first kappa shape index (κ1) is 24.4. The van der Waals surface area contributed by atoms with Crippen LogP contribution < -0.4 is 9.64 Å². The SMILES string of the molecule is COc1ccc(C#Cc2ccc3c(c2)[C@@H]2[C@@H](CCN2S(=O)(=O)c2ccccc2C)[C@@H](CO)N3C)cc1. The molecule has 5 rings (SSSR count). The Balaban J connectivity index is 1.57. The van der Waals surface area contributed by atoms with Crippen LogP contribution in [0.15, 0.2) is 71.6 Å². The van der Waals surface area contributed by atoms with Crippen LogP contribution in [-0.2, 0) is 10.0 Å². The van der Waals surface area contributed by atoms with E-state index in [1.54, 1.807) is 23.5 Å². The van der Waals surface area contributed by atoms with Crippen molar-refractivity contribution in [1.29, 1.82) is 0 Å². The molecule has 3 aromatic carbocycles. The standard InChI is InChI=1S/C29H30N2O4S/c1-20-6-4-5-7-28(20)36(33,34)31-17-16-24-27(19-32)30(2)26-15-12-22(18-25(26)29(24)31)9-8-21-10-13-23(35-3)14-11-21/h4-7,10-15,18,24,27,29,32H,16-17,19H2,1-3H3/t24-,27+,29-/m0/s1. The van der Waals surface area contributed by atoms with Gasteiger partial charge in [-0.05, 0) is 73.0 Å². The minimum atomic E-state index is -3.72. The highest BCUT2D eigenvalue weighted by molar-refractivity contribution is 7.89. The first-order valence-electron chi connectivity index (χ1n) is 12.1. The summed E-state index contributed by atoms with van der Waals surface area (Å²) in [5, 5.41) is 10.2. The number of ether oxygens (including phenoxy) is 1. The zero-order chi connectivity index (χ0) is 25.4. The molecule has 0 aliphatic carbocycles. The maximum absolute atomic E-state index is 13.9. The Hall–Kier alpha value is -3.31. The summed E-state index contributed by atoms with van der Waals surface area (Å²) in [6, 6.07) is 20.1. The van der Waals surface area contributed by atoms with Crippen molar-refractivity contribution in [2.24, 2.45) is 5.92 Å². The lowest BCUT2D eigenvalue weighted by Gasteiger charge is -2.44. The molecule has 7 heteroatoms. The molecule has 6 nitrogen and oxygen atoms in total. The van der Waals surface area contributed by atoms with Gasteiger partial charge < -0.3 is 14.7 Å². The number of fused-ring (bicyclic) bond motifs is 3. The summed E-state index contributed by atoms with van der Waals surface area (Å²) >= 11 is 0. The lowest BCUT2D eigenvalue weighted by Crippen LogP contribution is -2.48. The molecule has 3 aromatic rings. The number of benzene rings is 3. The number of aryl methyl sites for hydroxylation is 1. The molecule has 1 saturated heterocycles. The van der Waals surface area contributed by atoms with Crippen LogP contribution in [0.1, 0.15) is 34.7 Å². The molecule has 0 aromatic heterocycles. The van der Waals surface area contributed by atoms with Crippen LogP contribution in [0.3, 0.4) is 0 Å². The topological polar surface area (TPSA) is 70.1 Å². The maximum Gasteiger partial charge on any atom is 0.243 e. The largest absolute Gasteiger partial charge is 0.497 e. The number of nitrogens with zero attached hydrogens (tertiary/aromatic N) is 2. The summed E-state index contributed by atoms with van der Waals surface area (Å²) in [5.74, 6) is 7.19. The van der Waals surface area contributed by atoms with Gasteiger partial charge in [0, 0.05) is 36.3 Å². The van der Waals surface area contributed by atoms with Gasteiger partial charge in [0.1, 0.15) is 5.75 Å². The second-order valence-electron chi connectivity index (χ2n) is 9.39. The molecule has 0 saturated carbocycles. The van der Waals surface area contributed by atoms with Gasteiger partial charge in [0.2, 0.25) is 10.0 Å². The van der Waals surface area contributed by atoms with Crippen molar-refractivity contribution in [2.45, 2.75) is 30.3 Å². The summed E-state index contributed by atoms with van der Waals surface area (Å²) in [4.78, 5) is 2.42. The molecule has 36 heavy (non-hydrogen) atoms. The summed E-state index contributed by atoms with van der Waals surface area (Å²) in [6.07, 6.45) is 0.687. The van der Waals surface area contributed by atoms with Crippen molar-refractivity contribution in [2.75, 3.05) is 32.2 Å². The van der Waals surface area contributed by atoms with Gasteiger partial charge in [-0.25, -0.2) is 8.42 Å². The van der Waals surface area contributed by atoms with Gasteiger partial charge in [-0.2, -0.15) is 4.31 Å². The number of rotatable bonds is 4. The van der Waals surface area contributed by atoms with Gasteiger partial charge in [-0.3, -0.25) is 0 Å². The highest BCUT2D eigenvalue weighted by Crippen LogP contribution is 2.50. The van der Waals surface area contributed by atoms with Crippen LogP contribution in [0.2, 0.25) is 0 Å². The second kappa shape index (κ2) is 9.62. The van der Waals surface area contributed by atoms with E-state index in [-0.39, 0.29) is 24.6 Å².